The molecule has 3 N–H and O–H groups in total. The van der Waals surface area contributed by atoms with Crippen LogP contribution >= 0.6 is 11.8 Å². The normalized spacial score (nSPS) is 10.5. The summed E-state index contributed by atoms with van der Waals surface area (Å²) in [6.45, 7) is 1.16. The summed E-state index contributed by atoms with van der Waals surface area (Å²) in [6.07, 6.45) is 5.83. The molecule has 0 bridgehead atoms. The first-order valence-electron chi connectivity index (χ1n) is 4.80. The van der Waals surface area contributed by atoms with Gasteiger partial charge in [-0.25, -0.2) is 0 Å². The predicted molar refractivity (Wildman–Crippen MR) is 56.6 cm³/mol. The average molecular weight is 191 g/mol. The Kier molecular flexibility index (Phi) is 11.5. The number of rotatable bonds is 9. The van der Waals surface area contributed by atoms with Crippen molar-refractivity contribution in [2.75, 3.05) is 24.7 Å². The van der Waals surface area contributed by atoms with Crippen LogP contribution in [0.3, 0.4) is 0 Å². The molecule has 0 spiro atoms. The Hall–Kier alpha value is 0.270. The lowest BCUT2D eigenvalue weighted by atomic mass is 10.2. The highest BCUT2D eigenvalue weighted by atomic mass is 32.2. The van der Waals surface area contributed by atoms with Crippen molar-refractivity contribution >= 4 is 11.8 Å². The van der Waals surface area contributed by atoms with Gasteiger partial charge in [-0.15, -0.1) is 0 Å². The number of hydrogen-bond donors (Lipinski definition) is 2. The molecule has 0 aliphatic carbocycles. The van der Waals surface area contributed by atoms with Crippen molar-refractivity contribution in [3.63, 3.8) is 0 Å². The quantitative estimate of drug-likeness (QED) is 0.544. The summed E-state index contributed by atoms with van der Waals surface area (Å²) in [6, 6.07) is 0. The SMILES string of the molecule is NCCCSCCCCCCO. The van der Waals surface area contributed by atoms with Crippen LogP contribution in [-0.2, 0) is 0 Å². The highest BCUT2D eigenvalue weighted by molar-refractivity contribution is 7.99. The lowest BCUT2D eigenvalue weighted by Gasteiger charge is -1.99. The molecule has 0 rings (SSSR count). The molecule has 12 heavy (non-hydrogen) atoms. The topological polar surface area (TPSA) is 46.2 Å². The summed E-state index contributed by atoms with van der Waals surface area (Å²) >= 11 is 1.99. The number of thioether (sulfide) groups is 1. The molecule has 0 atom stereocenters. The van der Waals surface area contributed by atoms with E-state index in [2.05, 4.69) is 0 Å². The maximum atomic E-state index is 8.52. The summed E-state index contributed by atoms with van der Waals surface area (Å²) in [5.41, 5.74) is 5.37. The molecule has 74 valence electrons. The Bertz CT molecular complexity index is 70.9. The van der Waals surface area contributed by atoms with E-state index in [4.69, 9.17) is 10.8 Å². The van der Waals surface area contributed by atoms with Gasteiger partial charge in [0.2, 0.25) is 0 Å². The fourth-order valence-electron chi connectivity index (χ4n) is 0.957. The zero-order valence-electron chi connectivity index (χ0n) is 7.80. The lowest BCUT2D eigenvalue weighted by molar-refractivity contribution is 0.283. The number of aliphatic hydroxyl groups excluding tert-OH is 1. The Morgan fingerprint density at radius 3 is 2.25 bits per heavy atom. The molecule has 0 radical (unpaired) electrons. The number of nitrogens with two attached hydrogens (primary N) is 1. The first kappa shape index (κ1) is 12.3. The van der Waals surface area contributed by atoms with Crippen molar-refractivity contribution in [1.29, 1.82) is 0 Å². The molecule has 0 fully saturated rings. The zero-order valence-corrected chi connectivity index (χ0v) is 8.61. The molecule has 0 aromatic rings. The number of aliphatic hydroxyl groups is 1. The molecule has 0 saturated heterocycles. The van der Waals surface area contributed by atoms with Crippen LogP contribution in [0.1, 0.15) is 32.1 Å². The summed E-state index contributed by atoms with van der Waals surface area (Å²) in [5.74, 6) is 2.46. The highest BCUT2D eigenvalue weighted by Gasteiger charge is 1.90. The van der Waals surface area contributed by atoms with Crippen LogP contribution in [0.2, 0.25) is 0 Å². The molecule has 0 aliphatic rings. The minimum absolute atomic E-state index is 0.348. The molecule has 3 heteroatoms. The van der Waals surface area contributed by atoms with Gasteiger partial charge in [-0.05, 0) is 37.3 Å². The van der Waals surface area contributed by atoms with Crippen molar-refractivity contribution < 1.29 is 5.11 Å². The van der Waals surface area contributed by atoms with E-state index in [1.54, 1.807) is 0 Å². The van der Waals surface area contributed by atoms with E-state index in [0.717, 1.165) is 19.4 Å². The molecule has 0 heterocycles. The van der Waals surface area contributed by atoms with E-state index in [9.17, 15) is 0 Å². The number of unbranched alkanes of at least 4 members (excludes halogenated alkanes) is 3. The molecule has 2 nitrogen and oxygen atoms in total. The van der Waals surface area contributed by atoms with Crippen LogP contribution in [0, 0.1) is 0 Å². The number of hydrogen-bond acceptors (Lipinski definition) is 3. The van der Waals surface area contributed by atoms with E-state index in [1.807, 2.05) is 11.8 Å². The van der Waals surface area contributed by atoms with Gasteiger partial charge in [-0.2, -0.15) is 11.8 Å². The Morgan fingerprint density at radius 1 is 0.917 bits per heavy atom. The first-order chi connectivity index (χ1) is 5.91. The standard InChI is InChI=1S/C9H21NOS/c10-6-5-9-12-8-4-2-1-3-7-11/h11H,1-10H2. The molecule has 0 saturated carbocycles. The van der Waals surface area contributed by atoms with E-state index in [-0.39, 0.29) is 0 Å². The van der Waals surface area contributed by atoms with Crippen LogP contribution < -0.4 is 5.73 Å². The second-order valence-corrected chi connectivity index (χ2v) is 4.12. The molecule has 0 aromatic heterocycles. The first-order valence-corrected chi connectivity index (χ1v) is 5.96. The summed E-state index contributed by atoms with van der Waals surface area (Å²) in [7, 11) is 0. The van der Waals surface area contributed by atoms with Gasteiger partial charge in [-0.3, -0.25) is 0 Å². The van der Waals surface area contributed by atoms with Crippen molar-refractivity contribution in [2.45, 2.75) is 32.1 Å². The fourth-order valence-corrected chi connectivity index (χ4v) is 1.94. The minimum Gasteiger partial charge on any atom is -0.396 e. The van der Waals surface area contributed by atoms with Gasteiger partial charge in [0.15, 0.2) is 0 Å². The molecule has 0 amide bonds. The monoisotopic (exact) mass is 191 g/mol. The van der Waals surface area contributed by atoms with E-state index >= 15 is 0 Å². The predicted octanol–water partition coefficient (Wildman–Crippen LogP) is 1.62. The van der Waals surface area contributed by atoms with Crippen LogP contribution in [0.5, 0.6) is 0 Å². The summed E-state index contributed by atoms with van der Waals surface area (Å²) in [5, 5.41) is 8.52. The molecule has 0 aromatic carbocycles. The van der Waals surface area contributed by atoms with Gasteiger partial charge in [0.05, 0.1) is 0 Å². The van der Waals surface area contributed by atoms with Crippen LogP contribution in [-0.4, -0.2) is 29.8 Å². The largest absolute Gasteiger partial charge is 0.396 e. The van der Waals surface area contributed by atoms with Crippen LogP contribution in [0.4, 0.5) is 0 Å². The van der Waals surface area contributed by atoms with Gasteiger partial charge < -0.3 is 10.8 Å². The van der Waals surface area contributed by atoms with Crippen molar-refractivity contribution in [3.05, 3.63) is 0 Å². The van der Waals surface area contributed by atoms with Gasteiger partial charge >= 0.3 is 0 Å². The summed E-state index contributed by atoms with van der Waals surface area (Å²) in [4.78, 5) is 0. The minimum atomic E-state index is 0.348. The van der Waals surface area contributed by atoms with Gasteiger partial charge in [0, 0.05) is 6.61 Å². The summed E-state index contributed by atoms with van der Waals surface area (Å²) < 4.78 is 0. The molecular formula is C9H21NOS. The average Bonchev–Trinajstić information content (AvgIpc) is 2.10. The highest BCUT2D eigenvalue weighted by Crippen LogP contribution is 2.07. The van der Waals surface area contributed by atoms with E-state index in [0.29, 0.717) is 6.61 Å². The Morgan fingerprint density at radius 2 is 1.58 bits per heavy atom. The van der Waals surface area contributed by atoms with E-state index in [1.165, 1.54) is 30.8 Å². The van der Waals surface area contributed by atoms with Crippen LogP contribution in [0.25, 0.3) is 0 Å². The Labute approximate surface area is 79.9 Å². The van der Waals surface area contributed by atoms with Crippen molar-refractivity contribution in [3.8, 4) is 0 Å². The smallest absolute Gasteiger partial charge is 0.0431 e. The Balaban J connectivity index is 2.73. The second-order valence-electron chi connectivity index (χ2n) is 2.89. The van der Waals surface area contributed by atoms with Crippen LogP contribution in [0.15, 0.2) is 0 Å². The fraction of sp³-hybridized carbons (Fsp3) is 1.00. The van der Waals surface area contributed by atoms with Gasteiger partial charge in [0.25, 0.3) is 0 Å². The second kappa shape index (κ2) is 11.3. The molecule has 0 aliphatic heterocycles. The lowest BCUT2D eigenvalue weighted by Crippen LogP contribution is -1.99. The molecular weight excluding hydrogens is 170 g/mol. The maximum Gasteiger partial charge on any atom is 0.0431 e. The third kappa shape index (κ3) is 10.3. The van der Waals surface area contributed by atoms with E-state index < -0.39 is 0 Å². The van der Waals surface area contributed by atoms with Crippen molar-refractivity contribution in [1.82, 2.24) is 0 Å². The molecule has 0 unspecified atom stereocenters. The third-order valence-electron chi connectivity index (χ3n) is 1.69. The van der Waals surface area contributed by atoms with Crippen molar-refractivity contribution in [2.24, 2.45) is 5.73 Å². The third-order valence-corrected chi connectivity index (χ3v) is 2.84. The zero-order chi connectivity index (χ0) is 9.07. The van der Waals surface area contributed by atoms with Gasteiger partial charge in [0.1, 0.15) is 0 Å². The maximum absolute atomic E-state index is 8.52. The van der Waals surface area contributed by atoms with Gasteiger partial charge in [-0.1, -0.05) is 12.8 Å².